The van der Waals surface area contributed by atoms with E-state index in [0.29, 0.717) is 12.3 Å². The number of hydrogen-bond acceptors (Lipinski definition) is 4. The number of benzene rings is 3. The molecule has 0 aliphatic rings. The smallest absolute Gasteiger partial charge is 0.267 e. The highest BCUT2D eigenvalue weighted by atomic mass is 16.5. The van der Waals surface area contributed by atoms with E-state index in [2.05, 4.69) is 10.6 Å². The predicted octanol–water partition coefficient (Wildman–Crippen LogP) is 4.72. The summed E-state index contributed by atoms with van der Waals surface area (Å²) in [6.45, 7) is 0.492. The minimum absolute atomic E-state index is 0.0201. The number of amides is 1. The second-order valence-electron chi connectivity index (χ2n) is 5.93. The van der Waals surface area contributed by atoms with Crippen LogP contribution in [0.15, 0.2) is 96.7 Å². The Labute approximate surface area is 163 Å². The first-order valence-electron chi connectivity index (χ1n) is 8.74. The first-order chi connectivity index (χ1) is 13.7. The Hall–Kier alpha value is -4.04. The maximum absolute atomic E-state index is 12.2. The van der Waals surface area contributed by atoms with E-state index in [1.165, 1.54) is 6.20 Å². The molecule has 0 aromatic heterocycles. The summed E-state index contributed by atoms with van der Waals surface area (Å²) in [6, 6.07) is 28.1. The minimum Gasteiger partial charge on any atom is -0.489 e. The van der Waals surface area contributed by atoms with Gasteiger partial charge >= 0.3 is 0 Å². The summed E-state index contributed by atoms with van der Waals surface area (Å²) < 4.78 is 5.74. The number of carbonyl (C=O) groups is 1. The minimum atomic E-state index is -0.469. The van der Waals surface area contributed by atoms with Crippen LogP contribution in [0.3, 0.4) is 0 Å². The lowest BCUT2D eigenvalue weighted by atomic mass is 10.2. The second-order valence-corrected chi connectivity index (χ2v) is 5.93. The molecule has 0 aliphatic carbocycles. The van der Waals surface area contributed by atoms with Crippen molar-refractivity contribution in [1.29, 1.82) is 5.26 Å². The van der Waals surface area contributed by atoms with Gasteiger partial charge in [-0.15, -0.1) is 0 Å². The van der Waals surface area contributed by atoms with Crippen molar-refractivity contribution < 1.29 is 9.53 Å². The van der Waals surface area contributed by atoms with Crippen molar-refractivity contribution in [3.63, 3.8) is 0 Å². The fourth-order valence-electron chi connectivity index (χ4n) is 2.41. The van der Waals surface area contributed by atoms with Gasteiger partial charge in [0, 0.05) is 17.6 Å². The Bertz CT molecular complexity index is 976. The molecule has 0 unspecified atom stereocenters. The molecule has 5 heteroatoms. The van der Waals surface area contributed by atoms with Crippen molar-refractivity contribution in [3.05, 3.63) is 102 Å². The SMILES string of the molecule is N#C/C(=C\Nc1ccc(OCc2ccccc2)cc1)C(=O)Nc1ccccc1. The lowest BCUT2D eigenvalue weighted by Gasteiger charge is -2.08. The summed E-state index contributed by atoms with van der Waals surface area (Å²) in [5.74, 6) is 0.268. The van der Waals surface area contributed by atoms with Gasteiger partial charge in [-0.3, -0.25) is 4.79 Å². The molecule has 3 aromatic rings. The van der Waals surface area contributed by atoms with Crippen LogP contribution in [0.2, 0.25) is 0 Å². The molecule has 3 aromatic carbocycles. The van der Waals surface area contributed by atoms with Gasteiger partial charge in [0.2, 0.25) is 0 Å². The number of nitriles is 1. The van der Waals surface area contributed by atoms with Gasteiger partial charge in [-0.1, -0.05) is 48.5 Å². The van der Waals surface area contributed by atoms with Crippen LogP contribution >= 0.6 is 0 Å². The Morgan fingerprint density at radius 2 is 1.54 bits per heavy atom. The lowest BCUT2D eigenvalue weighted by molar-refractivity contribution is -0.112. The zero-order valence-electron chi connectivity index (χ0n) is 15.1. The van der Waals surface area contributed by atoms with Crippen LogP contribution in [0.5, 0.6) is 5.75 Å². The molecule has 0 bridgehead atoms. The Balaban J connectivity index is 1.56. The van der Waals surface area contributed by atoms with Crippen molar-refractivity contribution in [2.75, 3.05) is 10.6 Å². The number of anilines is 2. The molecule has 0 atom stereocenters. The molecule has 0 spiro atoms. The van der Waals surface area contributed by atoms with E-state index >= 15 is 0 Å². The highest BCUT2D eigenvalue weighted by molar-refractivity contribution is 6.06. The summed E-state index contributed by atoms with van der Waals surface area (Å²) in [6.07, 6.45) is 1.39. The third kappa shape index (κ3) is 5.48. The van der Waals surface area contributed by atoms with Crippen molar-refractivity contribution >= 4 is 17.3 Å². The number of para-hydroxylation sites is 1. The molecule has 138 valence electrons. The van der Waals surface area contributed by atoms with E-state index < -0.39 is 5.91 Å². The van der Waals surface area contributed by atoms with Crippen LogP contribution < -0.4 is 15.4 Å². The normalized spacial score (nSPS) is 10.6. The number of carbonyl (C=O) groups excluding carboxylic acids is 1. The molecule has 0 aliphatic heterocycles. The van der Waals surface area contributed by atoms with Gasteiger partial charge in [0.25, 0.3) is 5.91 Å². The Morgan fingerprint density at radius 3 is 2.18 bits per heavy atom. The summed E-state index contributed by atoms with van der Waals surface area (Å²) >= 11 is 0. The second kappa shape index (κ2) is 9.60. The largest absolute Gasteiger partial charge is 0.489 e. The van der Waals surface area contributed by atoms with E-state index in [1.807, 2.05) is 78.9 Å². The van der Waals surface area contributed by atoms with Gasteiger partial charge in [0.1, 0.15) is 24.0 Å². The fourth-order valence-corrected chi connectivity index (χ4v) is 2.41. The number of ether oxygens (including phenoxy) is 1. The molecule has 0 saturated carbocycles. The highest BCUT2D eigenvalue weighted by Gasteiger charge is 2.09. The first-order valence-corrected chi connectivity index (χ1v) is 8.74. The zero-order valence-corrected chi connectivity index (χ0v) is 15.1. The monoisotopic (exact) mass is 369 g/mol. The van der Waals surface area contributed by atoms with Crippen LogP contribution in [0, 0.1) is 11.3 Å². The third-order valence-electron chi connectivity index (χ3n) is 3.88. The summed E-state index contributed by atoms with van der Waals surface area (Å²) in [5.41, 5.74) is 2.45. The van der Waals surface area contributed by atoms with Gasteiger partial charge in [0.15, 0.2) is 0 Å². The van der Waals surface area contributed by atoms with Crippen molar-refractivity contribution in [2.45, 2.75) is 6.61 Å². The van der Waals surface area contributed by atoms with Crippen LogP contribution in [0.4, 0.5) is 11.4 Å². The van der Waals surface area contributed by atoms with Crippen LogP contribution in [-0.2, 0) is 11.4 Å². The Morgan fingerprint density at radius 1 is 0.893 bits per heavy atom. The molecule has 5 nitrogen and oxygen atoms in total. The highest BCUT2D eigenvalue weighted by Crippen LogP contribution is 2.17. The van der Waals surface area contributed by atoms with Crippen molar-refractivity contribution in [1.82, 2.24) is 0 Å². The molecule has 0 saturated heterocycles. The van der Waals surface area contributed by atoms with Crippen LogP contribution in [0.25, 0.3) is 0 Å². The quantitative estimate of drug-likeness (QED) is 0.467. The van der Waals surface area contributed by atoms with E-state index in [1.54, 1.807) is 12.1 Å². The summed E-state index contributed by atoms with van der Waals surface area (Å²) in [4.78, 5) is 12.2. The predicted molar refractivity (Wildman–Crippen MR) is 110 cm³/mol. The topological polar surface area (TPSA) is 74.1 Å². The number of nitrogens with zero attached hydrogens (tertiary/aromatic N) is 1. The standard InChI is InChI=1S/C23H19N3O2/c24-15-19(23(27)26-21-9-5-2-6-10-21)16-25-20-11-13-22(14-12-20)28-17-18-7-3-1-4-8-18/h1-14,16,25H,17H2,(H,26,27)/b19-16+. The third-order valence-corrected chi connectivity index (χ3v) is 3.88. The molecule has 3 rings (SSSR count). The van der Waals surface area contributed by atoms with Gasteiger partial charge in [-0.25, -0.2) is 0 Å². The maximum Gasteiger partial charge on any atom is 0.267 e. The van der Waals surface area contributed by atoms with Crippen molar-refractivity contribution in [2.24, 2.45) is 0 Å². The molecule has 28 heavy (non-hydrogen) atoms. The number of rotatable bonds is 7. The van der Waals surface area contributed by atoms with Gasteiger partial charge in [-0.05, 0) is 42.0 Å². The molecule has 0 radical (unpaired) electrons. The molecular weight excluding hydrogens is 350 g/mol. The maximum atomic E-state index is 12.2. The molecular formula is C23H19N3O2. The first kappa shape index (κ1) is 18.7. The van der Waals surface area contributed by atoms with Gasteiger partial charge in [-0.2, -0.15) is 5.26 Å². The average molecular weight is 369 g/mol. The van der Waals surface area contributed by atoms with Crippen molar-refractivity contribution in [3.8, 4) is 11.8 Å². The number of hydrogen-bond donors (Lipinski definition) is 2. The lowest BCUT2D eigenvalue weighted by Crippen LogP contribution is -2.14. The van der Waals surface area contributed by atoms with E-state index in [0.717, 1.165) is 17.0 Å². The van der Waals surface area contributed by atoms with E-state index in [9.17, 15) is 10.1 Å². The molecule has 1 amide bonds. The van der Waals surface area contributed by atoms with Crippen LogP contribution in [-0.4, -0.2) is 5.91 Å². The van der Waals surface area contributed by atoms with Crippen LogP contribution in [0.1, 0.15) is 5.56 Å². The Kier molecular flexibility index (Phi) is 6.43. The van der Waals surface area contributed by atoms with Gasteiger partial charge in [0.05, 0.1) is 0 Å². The van der Waals surface area contributed by atoms with Gasteiger partial charge < -0.3 is 15.4 Å². The van der Waals surface area contributed by atoms with E-state index in [4.69, 9.17) is 4.74 Å². The molecule has 2 N–H and O–H groups in total. The fraction of sp³-hybridized carbons (Fsp3) is 0.0435. The summed E-state index contributed by atoms with van der Waals surface area (Å²) in [7, 11) is 0. The molecule has 0 fully saturated rings. The number of nitrogens with one attached hydrogen (secondary N) is 2. The summed E-state index contributed by atoms with van der Waals surface area (Å²) in [5, 5.41) is 14.9. The van der Waals surface area contributed by atoms with E-state index in [-0.39, 0.29) is 5.57 Å². The molecule has 0 heterocycles. The zero-order chi connectivity index (χ0) is 19.6. The average Bonchev–Trinajstić information content (AvgIpc) is 2.75.